The van der Waals surface area contributed by atoms with Crippen molar-refractivity contribution in [3.05, 3.63) is 143 Å². The van der Waals surface area contributed by atoms with Crippen LogP contribution in [0, 0.1) is 6.92 Å². The van der Waals surface area contributed by atoms with Gasteiger partial charge in [-0.1, -0.05) is 103 Å². The molecule has 1 aliphatic heterocycles. The molecule has 0 aromatic heterocycles. The second-order valence-corrected chi connectivity index (χ2v) is 10.0. The predicted molar refractivity (Wildman–Crippen MR) is 157 cm³/mol. The molecule has 0 fully saturated rings. The van der Waals surface area contributed by atoms with Crippen LogP contribution in [-0.4, -0.2) is 6.72 Å². The normalized spacial score (nSPS) is 16.6. The van der Waals surface area contributed by atoms with E-state index in [1.54, 1.807) is 0 Å². The van der Waals surface area contributed by atoms with Gasteiger partial charge in [-0.15, -0.1) is 0 Å². The molecule has 5 aromatic carbocycles. The Bertz CT molecular complexity index is 1550. The summed E-state index contributed by atoms with van der Waals surface area (Å²) >= 11 is 0. The highest BCUT2D eigenvalue weighted by Gasteiger charge is 2.33. The number of benzene rings is 5. The van der Waals surface area contributed by atoms with E-state index in [1.807, 2.05) is 18.2 Å². The summed E-state index contributed by atoms with van der Waals surface area (Å²) in [6.45, 7) is 8.24. The fourth-order valence-corrected chi connectivity index (χ4v) is 5.36. The van der Waals surface area contributed by atoms with Crippen LogP contribution in [0.3, 0.4) is 0 Å². The Labute approximate surface area is 224 Å². The third-order valence-electron chi connectivity index (χ3n) is 7.61. The highest BCUT2D eigenvalue weighted by molar-refractivity contribution is 5.89. The molecule has 4 nitrogen and oxygen atoms in total. The first kappa shape index (κ1) is 24.0. The topological polar surface area (TPSA) is 45.7 Å². The fraction of sp³-hybridized carbons (Fsp3) is 0.147. The van der Waals surface area contributed by atoms with Gasteiger partial charge in [-0.2, -0.15) is 0 Å². The Morgan fingerprint density at radius 2 is 1.45 bits per heavy atom. The zero-order valence-electron chi connectivity index (χ0n) is 21.7. The molecule has 0 saturated carbocycles. The number of fused-ring (bicyclic) bond motifs is 2. The molecular formula is C34H31N3O. The molecule has 0 spiro atoms. The summed E-state index contributed by atoms with van der Waals surface area (Å²) in [6, 6.07) is 40.1. The number of nitrogens with zero attached hydrogens (tertiary/aromatic N) is 1. The smallest absolute Gasteiger partial charge is 0.196 e. The summed E-state index contributed by atoms with van der Waals surface area (Å²) < 4.78 is 6.31. The zero-order valence-corrected chi connectivity index (χ0v) is 21.7. The van der Waals surface area contributed by atoms with E-state index in [0.29, 0.717) is 0 Å². The summed E-state index contributed by atoms with van der Waals surface area (Å²) in [5.41, 5.74) is 6.18. The Balaban J connectivity index is 1.31. The van der Waals surface area contributed by atoms with E-state index in [2.05, 4.69) is 133 Å². The second kappa shape index (κ2) is 9.81. The molecule has 0 amide bonds. The molecule has 3 unspecified atom stereocenters. The van der Waals surface area contributed by atoms with Gasteiger partial charge in [0.15, 0.2) is 6.23 Å². The number of hydrogen-bond acceptors (Lipinski definition) is 4. The molecule has 6 rings (SSSR count). The predicted octanol–water partition coefficient (Wildman–Crippen LogP) is 7.90. The van der Waals surface area contributed by atoms with E-state index in [0.717, 1.165) is 33.7 Å². The maximum atomic E-state index is 6.31. The number of anilines is 1. The number of rotatable bonds is 7. The number of nitrogens with one attached hydrogen (secondary N) is 2. The van der Waals surface area contributed by atoms with Crippen LogP contribution in [-0.2, 0) is 5.54 Å². The van der Waals surface area contributed by atoms with Gasteiger partial charge in [0.2, 0.25) is 0 Å². The van der Waals surface area contributed by atoms with Gasteiger partial charge in [-0.05, 0) is 65.7 Å². The van der Waals surface area contributed by atoms with Crippen molar-refractivity contribution >= 4 is 23.2 Å². The molecular weight excluding hydrogens is 466 g/mol. The first-order chi connectivity index (χ1) is 18.5. The molecule has 3 atom stereocenters. The summed E-state index contributed by atoms with van der Waals surface area (Å²) in [6.07, 6.45) is -0.495. The Kier molecular flexibility index (Phi) is 6.18. The largest absolute Gasteiger partial charge is 0.464 e. The van der Waals surface area contributed by atoms with E-state index in [9.17, 15) is 0 Å². The van der Waals surface area contributed by atoms with Crippen LogP contribution in [0.15, 0.2) is 120 Å². The number of aryl methyl sites for hydroxylation is 1. The third kappa shape index (κ3) is 4.33. The molecule has 2 N–H and O–H groups in total. The molecule has 0 bridgehead atoms. The van der Waals surface area contributed by atoms with Gasteiger partial charge in [-0.25, -0.2) is 0 Å². The van der Waals surface area contributed by atoms with Crippen LogP contribution in [0.1, 0.15) is 47.1 Å². The lowest BCUT2D eigenvalue weighted by Gasteiger charge is -2.36. The number of ether oxygens (including phenoxy) is 1. The van der Waals surface area contributed by atoms with Crippen molar-refractivity contribution in [2.75, 3.05) is 5.32 Å². The minimum Gasteiger partial charge on any atom is -0.464 e. The van der Waals surface area contributed by atoms with E-state index in [4.69, 9.17) is 4.74 Å². The molecule has 38 heavy (non-hydrogen) atoms. The van der Waals surface area contributed by atoms with Crippen molar-refractivity contribution in [1.82, 2.24) is 5.32 Å². The van der Waals surface area contributed by atoms with Crippen molar-refractivity contribution in [2.45, 2.75) is 31.8 Å². The molecule has 5 aromatic rings. The quantitative estimate of drug-likeness (QED) is 0.225. The van der Waals surface area contributed by atoms with Gasteiger partial charge in [-0.3, -0.25) is 10.3 Å². The van der Waals surface area contributed by atoms with Gasteiger partial charge in [0.05, 0.1) is 11.2 Å². The summed E-state index contributed by atoms with van der Waals surface area (Å²) in [4.78, 5) is 4.49. The second-order valence-electron chi connectivity index (χ2n) is 10.0. The van der Waals surface area contributed by atoms with Gasteiger partial charge in [0.25, 0.3) is 0 Å². The summed E-state index contributed by atoms with van der Waals surface area (Å²) in [7, 11) is 0. The lowest BCUT2D eigenvalue weighted by atomic mass is 9.83. The van der Waals surface area contributed by atoms with Crippen LogP contribution in [0.5, 0.6) is 5.75 Å². The van der Waals surface area contributed by atoms with Gasteiger partial charge in [0, 0.05) is 5.56 Å². The SMILES string of the molecule is C=NC(NC(C)(c1ccccc1)c1ccc(C2Nc3cc4ccccc4cc3O2)cc1)c1ccccc1C. The average molecular weight is 498 g/mol. The van der Waals surface area contributed by atoms with Crippen LogP contribution in [0.2, 0.25) is 0 Å². The van der Waals surface area contributed by atoms with Crippen molar-refractivity contribution in [3.8, 4) is 5.75 Å². The van der Waals surface area contributed by atoms with E-state index in [1.165, 1.54) is 16.3 Å². The minimum atomic E-state index is -0.501. The average Bonchev–Trinajstić information content (AvgIpc) is 3.38. The Morgan fingerprint density at radius 3 is 2.16 bits per heavy atom. The maximum Gasteiger partial charge on any atom is 0.196 e. The van der Waals surface area contributed by atoms with E-state index in [-0.39, 0.29) is 12.4 Å². The van der Waals surface area contributed by atoms with Gasteiger partial charge >= 0.3 is 0 Å². The van der Waals surface area contributed by atoms with E-state index < -0.39 is 5.54 Å². The molecule has 1 aliphatic rings. The van der Waals surface area contributed by atoms with Crippen LogP contribution >= 0.6 is 0 Å². The van der Waals surface area contributed by atoms with Crippen molar-refractivity contribution in [1.29, 1.82) is 0 Å². The van der Waals surface area contributed by atoms with Crippen LogP contribution < -0.4 is 15.4 Å². The number of aliphatic imine (C=N–C) groups is 1. The molecule has 0 aliphatic carbocycles. The fourth-order valence-electron chi connectivity index (χ4n) is 5.36. The molecule has 1 heterocycles. The van der Waals surface area contributed by atoms with Gasteiger partial charge < -0.3 is 10.1 Å². The lowest BCUT2D eigenvalue weighted by molar-refractivity contribution is 0.260. The zero-order chi connectivity index (χ0) is 26.1. The Hall–Kier alpha value is -4.41. The highest BCUT2D eigenvalue weighted by Crippen LogP contribution is 2.41. The minimum absolute atomic E-state index is 0.235. The number of hydrogen-bond donors (Lipinski definition) is 2. The first-order valence-corrected chi connectivity index (χ1v) is 13.0. The highest BCUT2D eigenvalue weighted by atomic mass is 16.5. The van der Waals surface area contributed by atoms with Gasteiger partial charge in [0.1, 0.15) is 11.9 Å². The van der Waals surface area contributed by atoms with Crippen LogP contribution in [0.25, 0.3) is 10.8 Å². The van der Waals surface area contributed by atoms with Crippen molar-refractivity contribution < 1.29 is 4.74 Å². The first-order valence-electron chi connectivity index (χ1n) is 13.0. The van der Waals surface area contributed by atoms with E-state index >= 15 is 0 Å². The molecule has 0 radical (unpaired) electrons. The van der Waals surface area contributed by atoms with Crippen molar-refractivity contribution in [3.63, 3.8) is 0 Å². The monoisotopic (exact) mass is 497 g/mol. The Morgan fingerprint density at radius 1 is 0.816 bits per heavy atom. The lowest BCUT2D eigenvalue weighted by Crippen LogP contribution is -2.42. The molecule has 0 saturated heterocycles. The summed E-state index contributed by atoms with van der Waals surface area (Å²) in [5.74, 6) is 0.881. The van der Waals surface area contributed by atoms with Crippen LogP contribution in [0.4, 0.5) is 5.69 Å². The molecule has 188 valence electrons. The molecule has 4 heteroatoms. The standard InChI is InChI=1S/C34H31N3O/c1-23-11-7-10-16-29(23)32(35-3)37-34(2,27-14-5-4-6-15-27)28-19-17-24(18-20-28)33-36-30-21-25-12-8-9-13-26(25)22-31(30)38-33/h4-22,32-33,36-37H,3H2,1-2H3. The third-order valence-corrected chi connectivity index (χ3v) is 7.61. The maximum absolute atomic E-state index is 6.31. The van der Waals surface area contributed by atoms with Crippen molar-refractivity contribution in [2.24, 2.45) is 4.99 Å². The summed E-state index contributed by atoms with van der Waals surface area (Å²) in [5, 5.41) is 9.73.